The molecule has 0 fully saturated rings. The van der Waals surface area contributed by atoms with Crippen molar-refractivity contribution >= 4 is 29.9 Å². The topological polar surface area (TPSA) is 64.1 Å². The Hall–Kier alpha value is -2.10. The second-order valence-corrected chi connectivity index (χ2v) is 6.56. The molecule has 0 amide bonds. The molecule has 2 N–H and O–H groups in total. The van der Waals surface area contributed by atoms with Gasteiger partial charge in [0.2, 0.25) is 0 Å². The summed E-state index contributed by atoms with van der Waals surface area (Å²) in [6.45, 7) is 9.96. The minimum absolute atomic E-state index is 0. The molecule has 0 heterocycles. The lowest BCUT2D eigenvalue weighted by Crippen LogP contribution is -2.36. The van der Waals surface area contributed by atoms with Gasteiger partial charge in [-0.25, -0.2) is 0 Å². The fraction of sp³-hybridized carbons (Fsp3) is 0.375. The molecule has 6 nitrogen and oxygen atoms in total. The van der Waals surface area contributed by atoms with Crippen molar-refractivity contribution in [3.8, 4) is 5.75 Å². The maximum atomic E-state index is 5.71. The molecule has 2 rings (SSSR count). The first-order valence-electron chi connectivity index (χ1n) is 10.3. The number of nitrogens with one attached hydrogen (secondary N) is 2. The number of benzene rings is 2. The van der Waals surface area contributed by atoms with Crippen LogP contribution in [0.3, 0.4) is 0 Å². The van der Waals surface area contributed by atoms with Gasteiger partial charge in [0.15, 0.2) is 5.96 Å². The first-order valence-corrected chi connectivity index (χ1v) is 10.3. The van der Waals surface area contributed by atoms with E-state index < -0.39 is 0 Å². The third kappa shape index (κ3) is 10.7. The SMILES string of the molecule is C=CCOc1ccccc1CNC(=NC)NCc1cccc(COCCOCC)c1.I. The van der Waals surface area contributed by atoms with Gasteiger partial charge >= 0.3 is 0 Å². The first-order chi connectivity index (χ1) is 14.8. The molecule has 0 aliphatic rings. The predicted octanol–water partition coefficient (Wildman–Crippen LogP) is 4.29. The van der Waals surface area contributed by atoms with Gasteiger partial charge in [0.25, 0.3) is 0 Å². The Morgan fingerprint density at radius 1 is 1.00 bits per heavy atom. The van der Waals surface area contributed by atoms with E-state index in [4.69, 9.17) is 14.2 Å². The van der Waals surface area contributed by atoms with Crippen molar-refractivity contribution in [3.05, 3.63) is 77.9 Å². The van der Waals surface area contributed by atoms with Crippen molar-refractivity contribution in [2.24, 2.45) is 4.99 Å². The van der Waals surface area contributed by atoms with E-state index in [0.717, 1.165) is 22.8 Å². The van der Waals surface area contributed by atoms with Gasteiger partial charge < -0.3 is 24.8 Å². The minimum Gasteiger partial charge on any atom is -0.489 e. The molecule has 2 aromatic carbocycles. The minimum atomic E-state index is 0. The summed E-state index contributed by atoms with van der Waals surface area (Å²) in [5.41, 5.74) is 3.37. The molecular weight excluding hydrogens is 505 g/mol. The maximum Gasteiger partial charge on any atom is 0.191 e. The highest BCUT2D eigenvalue weighted by Gasteiger charge is 2.05. The Labute approximate surface area is 203 Å². The number of rotatable bonds is 13. The van der Waals surface area contributed by atoms with Crippen LogP contribution in [0.5, 0.6) is 5.75 Å². The Kier molecular flexibility index (Phi) is 14.4. The van der Waals surface area contributed by atoms with Crippen LogP contribution < -0.4 is 15.4 Å². The molecule has 0 atom stereocenters. The van der Waals surface area contributed by atoms with Crippen molar-refractivity contribution in [2.75, 3.05) is 33.5 Å². The molecule has 0 spiro atoms. The molecule has 0 aliphatic heterocycles. The summed E-state index contributed by atoms with van der Waals surface area (Å²) in [5, 5.41) is 6.69. The van der Waals surface area contributed by atoms with Crippen molar-refractivity contribution in [2.45, 2.75) is 26.6 Å². The van der Waals surface area contributed by atoms with Gasteiger partial charge in [0.1, 0.15) is 12.4 Å². The van der Waals surface area contributed by atoms with E-state index in [1.54, 1.807) is 13.1 Å². The van der Waals surface area contributed by atoms with Crippen LogP contribution in [0, 0.1) is 0 Å². The van der Waals surface area contributed by atoms with Gasteiger partial charge in [-0.05, 0) is 24.1 Å². The zero-order chi connectivity index (χ0) is 21.4. The quantitative estimate of drug-likeness (QED) is 0.131. The Morgan fingerprint density at radius 2 is 1.74 bits per heavy atom. The number of para-hydroxylation sites is 1. The van der Waals surface area contributed by atoms with E-state index >= 15 is 0 Å². The highest BCUT2D eigenvalue weighted by molar-refractivity contribution is 14.0. The van der Waals surface area contributed by atoms with Crippen LogP contribution in [0.15, 0.2) is 66.2 Å². The van der Waals surface area contributed by atoms with E-state index in [2.05, 4.69) is 40.4 Å². The fourth-order valence-electron chi connectivity index (χ4n) is 2.81. The van der Waals surface area contributed by atoms with Crippen molar-refractivity contribution in [3.63, 3.8) is 0 Å². The van der Waals surface area contributed by atoms with Gasteiger partial charge in [0, 0.05) is 32.3 Å². The van der Waals surface area contributed by atoms with Gasteiger partial charge in [-0.3, -0.25) is 4.99 Å². The van der Waals surface area contributed by atoms with E-state index in [-0.39, 0.29) is 24.0 Å². The summed E-state index contributed by atoms with van der Waals surface area (Å²) in [6, 6.07) is 16.3. The van der Waals surface area contributed by atoms with Crippen LogP contribution in [-0.2, 0) is 29.2 Å². The van der Waals surface area contributed by atoms with Gasteiger partial charge in [0.05, 0.1) is 19.8 Å². The van der Waals surface area contributed by atoms with E-state index in [0.29, 0.717) is 46.1 Å². The lowest BCUT2D eigenvalue weighted by Gasteiger charge is -2.15. The Morgan fingerprint density at radius 3 is 2.52 bits per heavy atom. The Balaban J connectivity index is 0.00000480. The van der Waals surface area contributed by atoms with Crippen LogP contribution in [0.4, 0.5) is 0 Å². The van der Waals surface area contributed by atoms with Crippen molar-refractivity contribution in [1.82, 2.24) is 10.6 Å². The van der Waals surface area contributed by atoms with Crippen molar-refractivity contribution in [1.29, 1.82) is 0 Å². The third-order valence-electron chi connectivity index (χ3n) is 4.30. The van der Waals surface area contributed by atoms with E-state index in [9.17, 15) is 0 Å². The van der Waals surface area contributed by atoms with Crippen LogP contribution in [0.1, 0.15) is 23.6 Å². The lowest BCUT2D eigenvalue weighted by atomic mass is 10.1. The summed E-state index contributed by atoms with van der Waals surface area (Å²) in [7, 11) is 1.76. The van der Waals surface area contributed by atoms with E-state index in [1.807, 2.05) is 37.3 Å². The summed E-state index contributed by atoms with van der Waals surface area (Å²) < 4.78 is 16.6. The zero-order valence-corrected chi connectivity index (χ0v) is 20.8. The molecule has 7 heteroatoms. The standard InChI is InChI=1S/C24H33N3O3.HI/c1-4-13-30-23-12-7-6-11-22(23)18-27-24(25-3)26-17-20-9-8-10-21(16-20)19-29-15-14-28-5-2;/h4,6-12,16H,1,5,13-15,17-19H2,2-3H3,(H2,25,26,27);1H. The summed E-state index contributed by atoms with van der Waals surface area (Å²) >= 11 is 0. The number of aliphatic imine (C=N–C) groups is 1. The highest BCUT2D eigenvalue weighted by Crippen LogP contribution is 2.17. The smallest absolute Gasteiger partial charge is 0.191 e. The number of guanidine groups is 1. The average molecular weight is 539 g/mol. The molecule has 0 bridgehead atoms. The van der Waals surface area contributed by atoms with Crippen LogP contribution in [0.2, 0.25) is 0 Å². The second-order valence-electron chi connectivity index (χ2n) is 6.56. The average Bonchev–Trinajstić information content (AvgIpc) is 2.78. The molecule has 170 valence electrons. The van der Waals surface area contributed by atoms with Gasteiger partial charge in [-0.15, -0.1) is 24.0 Å². The monoisotopic (exact) mass is 539 g/mol. The molecular formula is C24H34IN3O3. The molecule has 0 unspecified atom stereocenters. The van der Waals surface area contributed by atoms with Crippen molar-refractivity contribution < 1.29 is 14.2 Å². The highest BCUT2D eigenvalue weighted by atomic mass is 127. The molecule has 0 radical (unpaired) electrons. The number of nitrogens with zero attached hydrogens (tertiary/aromatic N) is 1. The third-order valence-corrected chi connectivity index (χ3v) is 4.30. The van der Waals surface area contributed by atoms with Crippen LogP contribution in [-0.4, -0.2) is 39.4 Å². The number of hydrogen-bond acceptors (Lipinski definition) is 4. The zero-order valence-electron chi connectivity index (χ0n) is 18.4. The molecule has 0 saturated carbocycles. The van der Waals surface area contributed by atoms with Crippen LogP contribution in [0.25, 0.3) is 0 Å². The molecule has 31 heavy (non-hydrogen) atoms. The lowest BCUT2D eigenvalue weighted by molar-refractivity contribution is 0.0453. The largest absolute Gasteiger partial charge is 0.489 e. The summed E-state index contributed by atoms with van der Waals surface area (Å²) in [4.78, 5) is 4.31. The Bertz CT molecular complexity index is 799. The van der Waals surface area contributed by atoms with Crippen LogP contribution >= 0.6 is 24.0 Å². The van der Waals surface area contributed by atoms with Gasteiger partial charge in [-0.2, -0.15) is 0 Å². The summed E-state index contributed by atoms with van der Waals surface area (Å²) in [6.07, 6.45) is 1.74. The first kappa shape index (κ1) is 26.9. The summed E-state index contributed by atoms with van der Waals surface area (Å²) in [5.74, 6) is 1.57. The molecule has 2 aromatic rings. The van der Waals surface area contributed by atoms with E-state index in [1.165, 1.54) is 5.56 Å². The number of hydrogen-bond donors (Lipinski definition) is 2. The molecule has 0 aliphatic carbocycles. The fourth-order valence-corrected chi connectivity index (χ4v) is 2.81. The molecule has 0 saturated heterocycles. The predicted molar refractivity (Wildman–Crippen MR) is 137 cm³/mol. The number of halogens is 1. The van der Waals surface area contributed by atoms with Gasteiger partial charge in [-0.1, -0.05) is 55.1 Å². The number of ether oxygens (including phenoxy) is 3. The maximum absolute atomic E-state index is 5.71. The normalized spacial score (nSPS) is 10.8. The second kappa shape index (κ2) is 16.6. The molecule has 0 aromatic heterocycles.